The number of sulfonamides is 1. The molecular formula is C15H17NO4S2. The molecule has 0 fully saturated rings. The zero-order chi connectivity index (χ0) is 15.7. The minimum Gasteiger partial charge on any atom is -0.493 e. The van der Waals surface area contributed by atoms with Crippen molar-refractivity contribution >= 4 is 21.4 Å². The molecule has 0 saturated heterocycles. The molecule has 1 aromatic heterocycles. The standard InChI is InChI=1S/C15H17NO4S2/c1-19-13-8-10-5-6-12(11(10)9-14(13)20-2)16-22(17,18)15-4-3-7-21-15/h3-4,7-9,12,16H,5-6H2,1-2H3. The molecule has 0 radical (unpaired) electrons. The highest BCUT2D eigenvalue weighted by molar-refractivity contribution is 7.91. The summed E-state index contributed by atoms with van der Waals surface area (Å²) in [4.78, 5) is 0. The Morgan fingerprint density at radius 2 is 1.95 bits per heavy atom. The lowest BCUT2D eigenvalue weighted by Gasteiger charge is -2.15. The fourth-order valence-electron chi connectivity index (χ4n) is 2.72. The van der Waals surface area contributed by atoms with Crippen LogP contribution in [0.5, 0.6) is 11.5 Å². The van der Waals surface area contributed by atoms with Crippen molar-refractivity contribution in [2.24, 2.45) is 0 Å². The monoisotopic (exact) mass is 339 g/mol. The van der Waals surface area contributed by atoms with E-state index in [4.69, 9.17) is 9.47 Å². The highest BCUT2D eigenvalue weighted by atomic mass is 32.2. The van der Waals surface area contributed by atoms with E-state index in [-0.39, 0.29) is 6.04 Å². The molecule has 7 heteroatoms. The van der Waals surface area contributed by atoms with Gasteiger partial charge < -0.3 is 9.47 Å². The van der Waals surface area contributed by atoms with Crippen LogP contribution in [0.1, 0.15) is 23.6 Å². The van der Waals surface area contributed by atoms with Crippen LogP contribution in [0.3, 0.4) is 0 Å². The number of methoxy groups -OCH3 is 2. The number of rotatable bonds is 5. The number of benzene rings is 1. The van der Waals surface area contributed by atoms with Crippen LogP contribution in [-0.4, -0.2) is 22.6 Å². The molecule has 1 unspecified atom stereocenters. The maximum Gasteiger partial charge on any atom is 0.250 e. The van der Waals surface area contributed by atoms with Crippen molar-refractivity contribution in [3.8, 4) is 11.5 Å². The van der Waals surface area contributed by atoms with Gasteiger partial charge in [0.1, 0.15) is 4.21 Å². The number of hydrogen-bond acceptors (Lipinski definition) is 5. The third kappa shape index (κ3) is 2.71. The maximum atomic E-state index is 12.4. The van der Waals surface area contributed by atoms with Crippen molar-refractivity contribution in [2.75, 3.05) is 14.2 Å². The predicted molar refractivity (Wildman–Crippen MR) is 85.2 cm³/mol. The molecule has 5 nitrogen and oxygen atoms in total. The lowest BCUT2D eigenvalue weighted by molar-refractivity contribution is 0.354. The molecule has 22 heavy (non-hydrogen) atoms. The third-order valence-electron chi connectivity index (χ3n) is 3.78. The number of fused-ring (bicyclic) bond motifs is 1. The van der Waals surface area contributed by atoms with Crippen LogP contribution in [0.2, 0.25) is 0 Å². The summed E-state index contributed by atoms with van der Waals surface area (Å²) in [6, 6.07) is 6.89. The van der Waals surface area contributed by atoms with Crippen LogP contribution >= 0.6 is 11.3 Å². The average Bonchev–Trinajstić information content (AvgIpc) is 3.16. The largest absolute Gasteiger partial charge is 0.493 e. The van der Waals surface area contributed by atoms with Crippen molar-refractivity contribution in [3.63, 3.8) is 0 Å². The molecule has 0 bridgehead atoms. The highest BCUT2D eigenvalue weighted by Gasteiger charge is 2.29. The van der Waals surface area contributed by atoms with Crippen molar-refractivity contribution in [1.29, 1.82) is 0 Å². The van der Waals surface area contributed by atoms with Crippen LogP contribution in [0.15, 0.2) is 33.9 Å². The minimum absolute atomic E-state index is 0.234. The first-order valence-corrected chi connectivity index (χ1v) is 9.22. The molecule has 0 amide bonds. The van der Waals surface area contributed by atoms with Crippen LogP contribution < -0.4 is 14.2 Å². The summed E-state index contributed by atoms with van der Waals surface area (Å²) in [5, 5.41) is 1.76. The molecule has 1 aromatic carbocycles. The summed E-state index contributed by atoms with van der Waals surface area (Å²) in [5.41, 5.74) is 2.05. The van der Waals surface area contributed by atoms with Crippen molar-refractivity contribution in [3.05, 3.63) is 40.8 Å². The second kappa shape index (κ2) is 5.91. The van der Waals surface area contributed by atoms with Crippen molar-refractivity contribution in [1.82, 2.24) is 4.72 Å². The van der Waals surface area contributed by atoms with Gasteiger partial charge in [0.15, 0.2) is 11.5 Å². The van der Waals surface area contributed by atoms with Gasteiger partial charge >= 0.3 is 0 Å². The van der Waals surface area contributed by atoms with Crippen LogP contribution in [0.4, 0.5) is 0 Å². The van der Waals surface area contributed by atoms with Gasteiger partial charge in [-0.05, 0) is 47.5 Å². The number of hydrogen-bond donors (Lipinski definition) is 1. The molecule has 0 saturated carbocycles. The number of aryl methyl sites for hydroxylation is 1. The normalized spacial score (nSPS) is 17.3. The Labute approximate surface area is 133 Å². The third-order valence-corrected chi connectivity index (χ3v) is 6.65. The SMILES string of the molecule is COc1cc2c(cc1OC)C(NS(=O)(=O)c1cccs1)CC2. The summed E-state index contributed by atoms with van der Waals surface area (Å²) in [6.07, 6.45) is 1.55. The fourth-order valence-corrected chi connectivity index (χ4v) is 4.98. The lowest BCUT2D eigenvalue weighted by Crippen LogP contribution is -2.26. The molecule has 2 aromatic rings. The summed E-state index contributed by atoms with van der Waals surface area (Å²) < 4.78 is 38.5. The van der Waals surface area contributed by atoms with Crippen molar-refractivity contribution in [2.45, 2.75) is 23.1 Å². The van der Waals surface area contributed by atoms with Gasteiger partial charge in [-0.3, -0.25) is 0 Å². The Hall–Kier alpha value is -1.57. The van der Waals surface area contributed by atoms with E-state index in [9.17, 15) is 8.42 Å². The smallest absolute Gasteiger partial charge is 0.250 e. The van der Waals surface area contributed by atoms with Crippen LogP contribution in [0, 0.1) is 0 Å². The first-order valence-electron chi connectivity index (χ1n) is 6.86. The van der Waals surface area contributed by atoms with E-state index in [0.29, 0.717) is 15.7 Å². The van der Waals surface area contributed by atoms with Crippen LogP contribution in [-0.2, 0) is 16.4 Å². The highest BCUT2D eigenvalue weighted by Crippen LogP contribution is 2.40. The molecule has 1 N–H and O–H groups in total. The van der Waals surface area contributed by atoms with E-state index in [2.05, 4.69) is 4.72 Å². The summed E-state index contributed by atoms with van der Waals surface area (Å²) in [7, 11) is -0.315. The summed E-state index contributed by atoms with van der Waals surface area (Å²) in [6.45, 7) is 0. The van der Waals surface area contributed by atoms with Gasteiger partial charge in [0.2, 0.25) is 0 Å². The van der Waals surface area contributed by atoms with Gasteiger partial charge in [0.05, 0.1) is 14.2 Å². The Morgan fingerprint density at radius 1 is 1.23 bits per heavy atom. The number of thiophene rings is 1. The Bertz CT molecular complexity index is 769. The van der Waals surface area contributed by atoms with Gasteiger partial charge in [0, 0.05) is 6.04 Å². The van der Waals surface area contributed by atoms with E-state index in [1.54, 1.807) is 31.7 Å². The lowest BCUT2D eigenvalue weighted by atomic mass is 10.1. The molecular weight excluding hydrogens is 322 g/mol. The van der Waals surface area contributed by atoms with E-state index in [0.717, 1.165) is 24.0 Å². The molecule has 1 atom stereocenters. The minimum atomic E-state index is -3.48. The van der Waals surface area contributed by atoms with Gasteiger partial charge in [0.25, 0.3) is 10.0 Å². The Kier molecular flexibility index (Phi) is 4.12. The number of ether oxygens (including phenoxy) is 2. The fraction of sp³-hybridized carbons (Fsp3) is 0.333. The summed E-state index contributed by atoms with van der Waals surface area (Å²) >= 11 is 1.21. The van der Waals surface area contributed by atoms with E-state index in [1.165, 1.54) is 11.3 Å². The predicted octanol–water partition coefficient (Wildman–Crippen LogP) is 2.73. The Morgan fingerprint density at radius 3 is 2.59 bits per heavy atom. The topological polar surface area (TPSA) is 64.6 Å². The molecule has 3 rings (SSSR count). The second-order valence-corrected chi connectivity index (χ2v) is 7.94. The molecule has 1 aliphatic carbocycles. The van der Waals surface area contributed by atoms with Gasteiger partial charge in [-0.25, -0.2) is 13.1 Å². The summed E-state index contributed by atoms with van der Waals surface area (Å²) in [5.74, 6) is 1.28. The van der Waals surface area contributed by atoms with E-state index < -0.39 is 10.0 Å². The second-order valence-electron chi connectivity index (χ2n) is 5.05. The van der Waals surface area contributed by atoms with Crippen LogP contribution in [0.25, 0.3) is 0 Å². The van der Waals surface area contributed by atoms with Crippen molar-refractivity contribution < 1.29 is 17.9 Å². The molecule has 118 valence electrons. The van der Waals surface area contributed by atoms with E-state index >= 15 is 0 Å². The van der Waals surface area contributed by atoms with E-state index in [1.807, 2.05) is 12.1 Å². The Balaban J connectivity index is 1.91. The first-order chi connectivity index (χ1) is 10.5. The maximum absolute atomic E-state index is 12.4. The van der Waals surface area contributed by atoms with Gasteiger partial charge in [-0.1, -0.05) is 6.07 Å². The zero-order valence-electron chi connectivity index (χ0n) is 12.3. The molecule has 1 heterocycles. The average molecular weight is 339 g/mol. The zero-order valence-corrected chi connectivity index (χ0v) is 14.0. The molecule has 0 spiro atoms. The van der Waals surface area contributed by atoms with Gasteiger partial charge in [-0.2, -0.15) is 0 Å². The van der Waals surface area contributed by atoms with Gasteiger partial charge in [-0.15, -0.1) is 11.3 Å². The number of nitrogens with one attached hydrogen (secondary N) is 1. The first kappa shape index (κ1) is 15.3. The quantitative estimate of drug-likeness (QED) is 0.910. The molecule has 0 aliphatic heterocycles. The molecule has 1 aliphatic rings.